The lowest BCUT2D eigenvalue weighted by Gasteiger charge is -2.31. The smallest absolute Gasteiger partial charge is 0.224 e. The molecule has 0 bridgehead atoms. The highest BCUT2D eigenvalue weighted by atomic mass is 35.5. The Morgan fingerprint density at radius 1 is 1.23 bits per heavy atom. The molecule has 0 spiro atoms. The molecule has 0 saturated carbocycles. The van der Waals surface area contributed by atoms with Gasteiger partial charge in [0.2, 0.25) is 11.8 Å². The minimum Gasteiger partial charge on any atom is -0.343 e. The average Bonchev–Trinajstić information content (AvgIpc) is 2.49. The fourth-order valence-electron chi connectivity index (χ4n) is 2.71. The van der Waals surface area contributed by atoms with Crippen molar-refractivity contribution in [3.8, 4) is 0 Å². The molecule has 5 heteroatoms. The first kappa shape index (κ1) is 16.8. The normalized spacial score (nSPS) is 15.7. The minimum absolute atomic E-state index is 0.0672. The van der Waals surface area contributed by atoms with Gasteiger partial charge in [0.15, 0.2) is 0 Å². The molecule has 0 aromatic heterocycles. The van der Waals surface area contributed by atoms with E-state index >= 15 is 0 Å². The Morgan fingerprint density at radius 2 is 1.82 bits per heavy atom. The lowest BCUT2D eigenvalue weighted by Crippen LogP contribution is -2.40. The molecule has 2 amide bonds. The maximum atomic E-state index is 12.3. The van der Waals surface area contributed by atoms with Crippen LogP contribution < -0.4 is 4.90 Å². The Bertz CT molecular complexity index is 522. The summed E-state index contributed by atoms with van der Waals surface area (Å²) in [7, 11) is 0. The molecule has 1 aliphatic heterocycles. The molecule has 4 nitrogen and oxygen atoms in total. The van der Waals surface area contributed by atoms with Crippen molar-refractivity contribution in [2.45, 2.75) is 33.1 Å². The number of hydrogen-bond acceptors (Lipinski definition) is 2. The maximum Gasteiger partial charge on any atom is 0.224 e. The topological polar surface area (TPSA) is 40.6 Å². The first-order chi connectivity index (χ1) is 10.5. The van der Waals surface area contributed by atoms with Gasteiger partial charge < -0.3 is 9.80 Å². The van der Waals surface area contributed by atoms with Crippen LogP contribution >= 0.6 is 11.6 Å². The molecule has 1 aliphatic rings. The average molecular weight is 323 g/mol. The number of piperidine rings is 1. The number of anilines is 1. The van der Waals surface area contributed by atoms with Crippen LogP contribution in [0.5, 0.6) is 0 Å². The van der Waals surface area contributed by atoms with E-state index in [1.165, 1.54) is 6.92 Å². The van der Waals surface area contributed by atoms with Crippen molar-refractivity contribution in [2.75, 3.05) is 24.5 Å². The fraction of sp³-hybridized carbons (Fsp3) is 0.529. The molecule has 0 unspecified atom stereocenters. The number of likely N-dealkylation sites (tertiary alicyclic amines) is 1. The van der Waals surface area contributed by atoms with Gasteiger partial charge in [-0.3, -0.25) is 9.59 Å². The lowest BCUT2D eigenvalue weighted by atomic mass is 9.99. The molecule has 22 heavy (non-hydrogen) atoms. The highest BCUT2D eigenvalue weighted by Gasteiger charge is 2.21. The van der Waals surface area contributed by atoms with Gasteiger partial charge in [0, 0.05) is 43.7 Å². The van der Waals surface area contributed by atoms with E-state index < -0.39 is 0 Å². The molecule has 2 rings (SSSR count). The van der Waals surface area contributed by atoms with Crippen LogP contribution in [0.3, 0.4) is 0 Å². The Balaban J connectivity index is 1.93. The van der Waals surface area contributed by atoms with Gasteiger partial charge in [-0.2, -0.15) is 0 Å². The number of halogens is 1. The van der Waals surface area contributed by atoms with Gasteiger partial charge in [0.1, 0.15) is 0 Å². The molecular formula is C17H23ClN2O2. The highest BCUT2D eigenvalue weighted by molar-refractivity contribution is 6.30. The lowest BCUT2D eigenvalue weighted by molar-refractivity contribution is -0.132. The quantitative estimate of drug-likeness (QED) is 0.853. The second kappa shape index (κ2) is 7.63. The van der Waals surface area contributed by atoms with E-state index in [1.807, 2.05) is 4.90 Å². The van der Waals surface area contributed by atoms with Crippen molar-refractivity contribution in [3.05, 3.63) is 29.3 Å². The summed E-state index contributed by atoms with van der Waals surface area (Å²) in [5.74, 6) is 0.765. The summed E-state index contributed by atoms with van der Waals surface area (Å²) in [6, 6.07) is 7.11. The van der Waals surface area contributed by atoms with E-state index in [0.29, 0.717) is 23.9 Å². The summed E-state index contributed by atoms with van der Waals surface area (Å²) >= 11 is 5.87. The zero-order chi connectivity index (χ0) is 16.1. The van der Waals surface area contributed by atoms with Gasteiger partial charge in [-0.1, -0.05) is 18.5 Å². The fourth-order valence-corrected chi connectivity index (χ4v) is 2.84. The Kier molecular flexibility index (Phi) is 5.83. The number of hydrogen-bond donors (Lipinski definition) is 0. The number of carbonyl (C=O) groups is 2. The molecule has 120 valence electrons. The monoisotopic (exact) mass is 322 g/mol. The molecule has 0 radical (unpaired) electrons. The molecule has 1 aromatic rings. The summed E-state index contributed by atoms with van der Waals surface area (Å²) in [6.07, 6.45) is 2.50. The van der Waals surface area contributed by atoms with E-state index in [-0.39, 0.29) is 11.8 Å². The first-order valence-corrected chi connectivity index (χ1v) is 8.16. The Hall–Kier alpha value is -1.55. The van der Waals surface area contributed by atoms with Gasteiger partial charge in [-0.05, 0) is 43.0 Å². The van der Waals surface area contributed by atoms with Gasteiger partial charge in [0.25, 0.3) is 0 Å². The van der Waals surface area contributed by atoms with Crippen LogP contribution in [0.4, 0.5) is 5.69 Å². The van der Waals surface area contributed by atoms with Crippen LogP contribution in [0.15, 0.2) is 24.3 Å². The van der Waals surface area contributed by atoms with Crippen LogP contribution in [0.25, 0.3) is 0 Å². The van der Waals surface area contributed by atoms with Crippen molar-refractivity contribution in [1.82, 2.24) is 4.90 Å². The molecular weight excluding hydrogens is 300 g/mol. The number of nitrogens with zero attached hydrogens (tertiary/aromatic N) is 2. The Labute approximate surface area is 137 Å². The molecule has 1 aromatic carbocycles. The van der Waals surface area contributed by atoms with Gasteiger partial charge in [-0.15, -0.1) is 0 Å². The standard InChI is InChI=1S/C17H23ClN2O2/c1-13-7-10-19(11-8-13)17(22)9-12-20(14(2)21)16-5-3-15(18)4-6-16/h3-6,13H,7-12H2,1-2H3. The summed E-state index contributed by atoms with van der Waals surface area (Å²) in [4.78, 5) is 27.7. The van der Waals surface area contributed by atoms with Gasteiger partial charge in [-0.25, -0.2) is 0 Å². The third kappa shape index (κ3) is 4.47. The van der Waals surface area contributed by atoms with Crippen molar-refractivity contribution in [3.63, 3.8) is 0 Å². The van der Waals surface area contributed by atoms with E-state index in [9.17, 15) is 9.59 Å². The molecule has 1 heterocycles. The van der Waals surface area contributed by atoms with Crippen LogP contribution in [-0.4, -0.2) is 36.3 Å². The van der Waals surface area contributed by atoms with Crippen molar-refractivity contribution in [2.24, 2.45) is 5.92 Å². The second-order valence-corrected chi connectivity index (χ2v) is 6.40. The van der Waals surface area contributed by atoms with Crippen LogP contribution in [-0.2, 0) is 9.59 Å². The molecule has 0 aliphatic carbocycles. The third-order valence-electron chi connectivity index (χ3n) is 4.20. The van der Waals surface area contributed by atoms with E-state index in [4.69, 9.17) is 11.6 Å². The van der Waals surface area contributed by atoms with E-state index in [0.717, 1.165) is 31.6 Å². The van der Waals surface area contributed by atoms with Crippen LogP contribution in [0, 0.1) is 5.92 Å². The van der Waals surface area contributed by atoms with Crippen molar-refractivity contribution < 1.29 is 9.59 Å². The molecule has 1 fully saturated rings. The predicted molar refractivity (Wildman–Crippen MR) is 89.1 cm³/mol. The SMILES string of the molecule is CC(=O)N(CCC(=O)N1CCC(C)CC1)c1ccc(Cl)cc1. The highest BCUT2D eigenvalue weighted by Crippen LogP contribution is 2.20. The number of benzene rings is 1. The molecule has 0 atom stereocenters. The van der Waals surface area contributed by atoms with Crippen molar-refractivity contribution >= 4 is 29.1 Å². The summed E-state index contributed by atoms with van der Waals surface area (Å²) in [6.45, 7) is 5.81. The predicted octanol–water partition coefficient (Wildman–Crippen LogP) is 3.34. The van der Waals surface area contributed by atoms with Crippen LogP contribution in [0.2, 0.25) is 5.02 Å². The zero-order valence-corrected chi connectivity index (χ0v) is 14.0. The second-order valence-electron chi connectivity index (χ2n) is 5.96. The van der Waals surface area contributed by atoms with E-state index in [2.05, 4.69) is 6.92 Å². The summed E-state index contributed by atoms with van der Waals surface area (Å²) in [5, 5.41) is 0.630. The number of amides is 2. The number of carbonyl (C=O) groups excluding carboxylic acids is 2. The summed E-state index contributed by atoms with van der Waals surface area (Å²) in [5.41, 5.74) is 0.775. The molecule has 1 saturated heterocycles. The van der Waals surface area contributed by atoms with Gasteiger partial charge >= 0.3 is 0 Å². The maximum absolute atomic E-state index is 12.3. The third-order valence-corrected chi connectivity index (χ3v) is 4.46. The molecule has 0 N–H and O–H groups in total. The minimum atomic E-state index is -0.0672. The number of rotatable bonds is 4. The summed E-state index contributed by atoms with van der Waals surface area (Å²) < 4.78 is 0. The van der Waals surface area contributed by atoms with Gasteiger partial charge in [0.05, 0.1) is 0 Å². The van der Waals surface area contributed by atoms with Crippen LogP contribution in [0.1, 0.15) is 33.1 Å². The zero-order valence-electron chi connectivity index (χ0n) is 13.2. The first-order valence-electron chi connectivity index (χ1n) is 7.79. The largest absolute Gasteiger partial charge is 0.343 e. The van der Waals surface area contributed by atoms with E-state index in [1.54, 1.807) is 29.2 Å². The Morgan fingerprint density at radius 3 is 2.36 bits per heavy atom. The van der Waals surface area contributed by atoms with Crippen molar-refractivity contribution in [1.29, 1.82) is 0 Å².